The van der Waals surface area contributed by atoms with Gasteiger partial charge in [-0.3, -0.25) is 4.79 Å². The number of hydrogen-bond donors (Lipinski definition) is 4. The van der Waals surface area contributed by atoms with Gasteiger partial charge in [0.1, 0.15) is 17.0 Å². The molecule has 5 N–H and O–H groups in total. The number of amides is 1. The molecule has 7 nitrogen and oxygen atoms in total. The third-order valence-electron chi connectivity index (χ3n) is 2.50. The molecule has 0 saturated carbocycles. The van der Waals surface area contributed by atoms with Crippen molar-refractivity contribution in [2.75, 3.05) is 11.1 Å². The molecule has 0 aliphatic carbocycles. The summed E-state index contributed by atoms with van der Waals surface area (Å²) in [4.78, 5) is 26.6. The van der Waals surface area contributed by atoms with Crippen LogP contribution in [0.25, 0.3) is 0 Å². The third kappa shape index (κ3) is 2.83. The molecule has 1 aromatic carbocycles. The topological polar surface area (TPSA) is 126 Å². The summed E-state index contributed by atoms with van der Waals surface area (Å²) in [6.07, 6.45) is 1.34. The first-order valence-corrected chi connectivity index (χ1v) is 5.56. The maximum Gasteiger partial charge on any atom is 0.339 e. The number of carboxylic acids is 1. The average molecular weight is 273 g/mol. The summed E-state index contributed by atoms with van der Waals surface area (Å²) in [5.41, 5.74) is 5.98. The Morgan fingerprint density at radius 3 is 2.55 bits per heavy atom. The highest BCUT2D eigenvalue weighted by atomic mass is 16.4. The number of pyridine rings is 1. The Morgan fingerprint density at radius 2 is 1.95 bits per heavy atom. The zero-order chi connectivity index (χ0) is 14.7. The lowest BCUT2D eigenvalue weighted by atomic mass is 10.1. The van der Waals surface area contributed by atoms with Gasteiger partial charge in [-0.2, -0.15) is 0 Å². The lowest BCUT2D eigenvalue weighted by molar-refractivity contribution is 0.0693. The SMILES string of the molecule is Nc1ccc(C(=O)Nc2ccc(O)c(C(=O)O)c2)nc1. The van der Waals surface area contributed by atoms with Crippen molar-refractivity contribution < 1.29 is 19.8 Å². The fraction of sp³-hybridized carbons (Fsp3) is 0. The molecule has 102 valence electrons. The van der Waals surface area contributed by atoms with Crippen LogP contribution in [0, 0.1) is 0 Å². The molecule has 7 heteroatoms. The zero-order valence-corrected chi connectivity index (χ0v) is 10.2. The molecular formula is C13H11N3O4. The summed E-state index contributed by atoms with van der Waals surface area (Å²) in [7, 11) is 0. The number of anilines is 2. The Balaban J connectivity index is 2.21. The highest BCUT2D eigenvalue weighted by Crippen LogP contribution is 2.21. The van der Waals surface area contributed by atoms with Gasteiger partial charge in [0.2, 0.25) is 0 Å². The van der Waals surface area contributed by atoms with Crippen LogP contribution in [0.4, 0.5) is 11.4 Å². The highest BCUT2D eigenvalue weighted by molar-refractivity contribution is 6.03. The minimum atomic E-state index is -1.29. The van der Waals surface area contributed by atoms with Gasteiger partial charge in [-0.05, 0) is 30.3 Å². The van der Waals surface area contributed by atoms with Crippen LogP contribution in [0.5, 0.6) is 5.75 Å². The number of aromatic nitrogens is 1. The lowest BCUT2D eigenvalue weighted by Gasteiger charge is -2.07. The maximum atomic E-state index is 11.9. The van der Waals surface area contributed by atoms with E-state index in [9.17, 15) is 14.7 Å². The number of hydrogen-bond acceptors (Lipinski definition) is 5. The monoisotopic (exact) mass is 273 g/mol. The van der Waals surface area contributed by atoms with Crippen molar-refractivity contribution >= 4 is 23.3 Å². The number of rotatable bonds is 3. The van der Waals surface area contributed by atoms with Gasteiger partial charge in [0, 0.05) is 5.69 Å². The predicted octanol–water partition coefficient (Wildman–Crippen LogP) is 1.32. The van der Waals surface area contributed by atoms with Crippen molar-refractivity contribution in [3.05, 3.63) is 47.8 Å². The summed E-state index contributed by atoms with van der Waals surface area (Å²) in [6.45, 7) is 0. The quantitative estimate of drug-likeness (QED) is 0.625. The van der Waals surface area contributed by atoms with Crippen molar-refractivity contribution in [2.45, 2.75) is 0 Å². The number of benzene rings is 1. The number of aromatic carboxylic acids is 1. The summed E-state index contributed by atoms with van der Waals surface area (Å²) in [6, 6.07) is 6.71. The lowest BCUT2D eigenvalue weighted by Crippen LogP contribution is -2.14. The molecule has 0 unspecified atom stereocenters. The molecule has 1 aromatic heterocycles. The van der Waals surface area contributed by atoms with Crippen molar-refractivity contribution in [1.82, 2.24) is 4.98 Å². The molecule has 20 heavy (non-hydrogen) atoms. The predicted molar refractivity (Wildman–Crippen MR) is 71.7 cm³/mol. The van der Waals surface area contributed by atoms with E-state index in [4.69, 9.17) is 10.8 Å². The van der Waals surface area contributed by atoms with Crippen LogP contribution in [0.15, 0.2) is 36.5 Å². The summed E-state index contributed by atoms with van der Waals surface area (Å²) >= 11 is 0. The van der Waals surface area contributed by atoms with Gasteiger partial charge in [-0.25, -0.2) is 9.78 Å². The molecule has 0 spiro atoms. The number of carbonyl (C=O) groups excluding carboxylic acids is 1. The van der Waals surface area contributed by atoms with E-state index in [-0.39, 0.29) is 22.7 Å². The first kappa shape index (κ1) is 13.3. The van der Waals surface area contributed by atoms with Crippen LogP contribution in [0.1, 0.15) is 20.8 Å². The van der Waals surface area contributed by atoms with Crippen molar-refractivity contribution in [1.29, 1.82) is 0 Å². The van der Waals surface area contributed by atoms with Crippen molar-refractivity contribution in [2.24, 2.45) is 0 Å². The largest absolute Gasteiger partial charge is 0.507 e. The number of nitrogen functional groups attached to an aromatic ring is 1. The second kappa shape index (κ2) is 5.27. The van der Waals surface area contributed by atoms with E-state index in [0.717, 1.165) is 6.07 Å². The molecule has 2 aromatic rings. The van der Waals surface area contributed by atoms with Crippen LogP contribution < -0.4 is 11.1 Å². The highest BCUT2D eigenvalue weighted by Gasteiger charge is 2.12. The molecule has 1 heterocycles. The van der Waals surface area contributed by atoms with Gasteiger partial charge in [-0.1, -0.05) is 0 Å². The Labute approximate surface area is 113 Å². The van der Waals surface area contributed by atoms with Crippen LogP contribution in [0.3, 0.4) is 0 Å². The minimum Gasteiger partial charge on any atom is -0.507 e. The standard InChI is InChI=1S/C13H11N3O4/c14-7-1-3-10(15-6-7)12(18)16-8-2-4-11(17)9(5-8)13(19)20/h1-6,17H,14H2,(H,16,18)(H,19,20). The Hall–Kier alpha value is -3.09. The van der Waals surface area contributed by atoms with E-state index in [2.05, 4.69) is 10.3 Å². The van der Waals surface area contributed by atoms with Gasteiger partial charge in [-0.15, -0.1) is 0 Å². The molecule has 0 aliphatic rings. The first-order chi connectivity index (χ1) is 9.47. The van der Waals surface area contributed by atoms with Gasteiger partial charge in [0.15, 0.2) is 0 Å². The second-order valence-electron chi connectivity index (χ2n) is 3.97. The second-order valence-corrected chi connectivity index (χ2v) is 3.97. The van der Waals surface area contributed by atoms with Crippen LogP contribution in [-0.2, 0) is 0 Å². The molecule has 0 saturated heterocycles. The molecule has 2 rings (SSSR count). The van der Waals surface area contributed by atoms with E-state index in [1.807, 2.05) is 0 Å². The number of carboxylic acid groups (broad SMARTS) is 1. The number of nitrogens with one attached hydrogen (secondary N) is 1. The fourth-order valence-corrected chi connectivity index (χ4v) is 1.52. The average Bonchev–Trinajstić information content (AvgIpc) is 2.41. The molecule has 0 bridgehead atoms. The third-order valence-corrected chi connectivity index (χ3v) is 2.50. The van der Waals surface area contributed by atoms with Crippen molar-refractivity contribution in [3.63, 3.8) is 0 Å². The van der Waals surface area contributed by atoms with E-state index in [1.165, 1.54) is 30.5 Å². The number of nitrogens with two attached hydrogens (primary N) is 1. The van der Waals surface area contributed by atoms with E-state index >= 15 is 0 Å². The minimum absolute atomic E-state index is 0.143. The van der Waals surface area contributed by atoms with Crippen LogP contribution >= 0.6 is 0 Å². The molecule has 0 atom stereocenters. The van der Waals surface area contributed by atoms with E-state index in [0.29, 0.717) is 5.69 Å². The van der Waals surface area contributed by atoms with Gasteiger partial charge in [0.25, 0.3) is 5.91 Å². The number of nitrogens with zero attached hydrogens (tertiary/aromatic N) is 1. The number of phenols is 1. The van der Waals surface area contributed by atoms with Crippen LogP contribution in [0.2, 0.25) is 0 Å². The zero-order valence-electron chi connectivity index (χ0n) is 10.2. The summed E-state index contributed by atoms with van der Waals surface area (Å²) < 4.78 is 0. The van der Waals surface area contributed by atoms with E-state index in [1.54, 1.807) is 0 Å². The van der Waals surface area contributed by atoms with Gasteiger partial charge >= 0.3 is 5.97 Å². The number of carbonyl (C=O) groups is 2. The number of aromatic hydroxyl groups is 1. The van der Waals surface area contributed by atoms with Gasteiger partial charge < -0.3 is 21.3 Å². The van der Waals surface area contributed by atoms with Crippen molar-refractivity contribution in [3.8, 4) is 5.75 Å². The summed E-state index contributed by atoms with van der Waals surface area (Å²) in [5, 5.41) is 20.7. The van der Waals surface area contributed by atoms with Crippen LogP contribution in [-0.4, -0.2) is 27.1 Å². The Bertz CT molecular complexity index is 668. The van der Waals surface area contributed by atoms with E-state index < -0.39 is 11.9 Å². The first-order valence-electron chi connectivity index (χ1n) is 5.56. The smallest absolute Gasteiger partial charge is 0.339 e. The molecule has 0 aliphatic heterocycles. The molecule has 0 fully saturated rings. The molecule has 0 radical (unpaired) electrons. The molecule has 1 amide bonds. The normalized spacial score (nSPS) is 10.0. The Kier molecular flexibility index (Phi) is 3.52. The molecular weight excluding hydrogens is 262 g/mol. The fourth-order valence-electron chi connectivity index (χ4n) is 1.52. The maximum absolute atomic E-state index is 11.9. The summed E-state index contributed by atoms with van der Waals surface area (Å²) in [5.74, 6) is -2.17. The Morgan fingerprint density at radius 1 is 1.20 bits per heavy atom. The van der Waals surface area contributed by atoms with Gasteiger partial charge in [0.05, 0.1) is 11.9 Å².